The van der Waals surface area contributed by atoms with Crippen LogP contribution < -0.4 is 57.2 Å². The van der Waals surface area contributed by atoms with E-state index in [1.54, 1.807) is 155 Å². The maximum absolute atomic E-state index is 16.7. The molecule has 4 heterocycles. The molecule has 4 aliphatic heterocycles. The minimum absolute atomic E-state index is 0.00221. The van der Waals surface area contributed by atoms with Crippen molar-refractivity contribution in [2.24, 2.45) is 0 Å². The summed E-state index contributed by atoms with van der Waals surface area (Å²) in [5, 5.41) is 1.38. The van der Waals surface area contributed by atoms with Gasteiger partial charge in [-0.15, -0.1) is 0 Å². The van der Waals surface area contributed by atoms with E-state index >= 15 is 28.8 Å². The fourth-order valence-corrected chi connectivity index (χ4v) is 14.7. The monoisotopic (exact) mass is 1520 g/mol. The van der Waals surface area contributed by atoms with Gasteiger partial charge >= 0.3 is 0 Å². The highest BCUT2D eigenvalue weighted by Gasteiger charge is 2.48. The average molecular weight is 1520 g/mol. The summed E-state index contributed by atoms with van der Waals surface area (Å²) in [6.07, 6.45) is 0.754. The van der Waals surface area contributed by atoms with Crippen LogP contribution in [0.2, 0.25) is 0 Å². The Bertz CT molecular complexity index is 4850. The Morgan fingerprint density at radius 3 is 0.929 bits per heavy atom. The molecule has 2 fully saturated rings. The number of rotatable bonds is 36. The number of benzene rings is 11. The number of methoxy groups -OCH3 is 4. The molecule has 0 N–H and O–H groups in total. The van der Waals surface area contributed by atoms with E-state index in [0.29, 0.717) is 85.1 Å². The second kappa shape index (κ2) is 32.8. The molecule has 0 radical (unpaired) electrons. The highest BCUT2D eigenvalue weighted by Crippen LogP contribution is 2.59. The molecule has 0 aliphatic carbocycles. The van der Waals surface area contributed by atoms with Crippen molar-refractivity contribution >= 4 is 89.9 Å². The predicted octanol–water partition coefficient (Wildman–Crippen LogP) is 16.2. The summed E-state index contributed by atoms with van der Waals surface area (Å²) in [7, 11) is 6.05. The Morgan fingerprint density at radius 1 is 0.384 bits per heavy atom. The first-order valence-corrected chi connectivity index (χ1v) is 37.5. The SMILES string of the molecule is CCCN(C(=O)C(CCOCC)N1C(=O)c2cc(Oc3cccc(OC)c3)c3c4c(Oc5cccc(OC)c5)cc5c6c(cc(Oc7cccc(OC)c7)c(c7c(Oc8cccc(OC)c8)cc(c2c37)C1=O)c64)C(=O)N(C(CCOCC)C(=O)N(CCC)c1ccc(OCC2CO2)cc1)C5=O)c1ccc(OCC2CO2)cc1. The third-order valence-electron chi connectivity index (χ3n) is 20.1. The Balaban J connectivity index is 1.03. The largest absolute Gasteiger partial charge is 0.497 e. The molecule has 11 aromatic rings. The van der Waals surface area contributed by atoms with Crippen LogP contribution >= 0.6 is 0 Å². The van der Waals surface area contributed by atoms with Crippen LogP contribution in [0.1, 0.15) is 94.8 Å². The number of hydrogen-bond donors (Lipinski definition) is 0. The number of carbonyl (C=O) groups excluding carboxylic acids is 6. The fourth-order valence-electron chi connectivity index (χ4n) is 14.7. The van der Waals surface area contributed by atoms with Crippen LogP contribution in [-0.2, 0) is 28.5 Å². The van der Waals surface area contributed by atoms with Crippen molar-refractivity contribution in [2.75, 3.05) is 104 Å². The van der Waals surface area contributed by atoms with Crippen LogP contribution in [0.25, 0.3) is 43.1 Å². The Morgan fingerprint density at radius 2 is 0.670 bits per heavy atom. The lowest BCUT2D eigenvalue weighted by atomic mass is 9.80. The van der Waals surface area contributed by atoms with Crippen molar-refractivity contribution in [1.29, 1.82) is 0 Å². The van der Waals surface area contributed by atoms with Crippen molar-refractivity contribution in [3.05, 3.63) is 192 Å². The Kier molecular flexibility index (Phi) is 22.0. The molecule has 0 spiro atoms. The maximum Gasteiger partial charge on any atom is 0.262 e. The number of ether oxygens (including phenoxy) is 14. The third kappa shape index (κ3) is 14.9. The van der Waals surface area contributed by atoms with Gasteiger partial charge < -0.3 is 76.1 Å². The molecule has 576 valence electrons. The van der Waals surface area contributed by atoms with Crippen LogP contribution in [0.4, 0.5) is 11.4 Å². The number of amides is 6. The van der Waals surface area contributed by atoms with E-state index in [1.807, 2.05) is 27.7 Å². The number of carbonyl (C=O) groups is 6. The van der Waals surface area contributed by atoms with Crippen molar-refractivity contribution in [1.82, 2.24) is 9.80 Å². The Hall–Kier alpha value is -12.2. The quantitative estimate of drug-likeness (QED) is 0.0116. The molecule has 2 saturated heterocycles. The summed E-state index contributed by atoms with van der Waals surface area (Å²) in [6, 6.07) is 44.6. The minimum atomic E-state index is -1.48. The first-order valence-electron chi connectivity index (χ1n) is 37.5. The minimum Gasteiger partial charge on any atom is -0.497 e. The van der Waals surface area contributed by atoms with Gasteiger partial charge in [-0.3, -0.25) is 38.6 Å². The van der Waals surface area contributed by atoms with Crippen LogP contribution in [0.5, 0.6) is 80.5 Å². The molecule has 0 aromatic heterocycles. The standard InChI is InChI=1S/C88H84N4O20/c1-9-35-89(51-25-29-53(30-26-51)105-47-63-49-107-63)87(97)69(33-37-103-11-3)91-83(93)65-43-71(109-59-21-13-17-55(39-59)99-5)77-79-73(111-61-23-15-19-57(41-61)101-7)45-67-76-68(86(96)92(85(67)95)70(34-38-104-12-4)88(98)90(36-10-2)52-27-31-54(32-28-52)106-48-64-50-108-64)46-74(112-62-24-16-20-58(42-62)102-8)80(82(76)79)78-72(44-66(84(91)94)75(65)81(77)78)110-60-22-14-18-56(40-60)100-6/h13-32,39-46,63-64,69-70H,9-12,33-38,47-50H2,1-8H3. The van der Waals surface area contributed by atoms with E-state index in [2.05, 4.69) is 0 Å². The summed E-state index contributed by atoms with van der Waals surface area (Å²) in [5.74, 6) is -0.922. The van der Waals surface area contributed by atoms with E-state index in [-0.39, 0.29) is 176 Å². The molecule has 0 saturated carbocycles. The van der Waals surface area contributed by atoms with Crippen LogP contribution in [0, 0.1) is 0 Å². The van der Waals surface area contributed by atoms with Crippen LogP contribution in [0.15, 0.2) is 170 Å². The molecular formula is C88H84N4O20. The number of imide groups is 2. The first-order chi connectivity index (χ1) is 54.6. The highest BCUT2D eigenvalue weighted by atomic mass is 16.6. The van der Waals surface area contributed by atoms with Gasteiger partial charge in [0.1, 0.15) is 118 Å². The molecule has 11 aromatic carbocycles. The normalized spacial score (nSPS) is 15.4. The zero-order valence-corrected chi connectivity index (χ0v) is 63.3. The van der Waals surface area contributed by atoms with Gasteiger partial charge in [0.2, 0.25) is 11.8 Å². The average Bonchev–Trinajstić information content (AvgIpc) is 0.815. The van der Waals surface area contributed by atoms with Crippen molar-refractivity contribution in [2.45, 2.75) is 77.7 Å². The van der Waals surface area contributed by atoms with E-state index in [0.717, 1.165) is 9.80 Å². The zero-order valence-electron chi connectivity index (χ0n) is 63.3. The lowest BCUT2D eigenvalue weighted by molar-refractivity contribution is -0.123. The van der Waals surface area contributed by atoms with E-state index in [1.165, 1.54) is 52.7 Å². The van der Waals surface area contributed by atoms with E-state index in [4.69, 9.17) is 66.3 Å². The number of nitrogens with zero attached hydrogens (tertiary/aromatic N) is 4. The smallest absolute Gasteiger partial charge is 0.262 e. The molecule has 112 heavy (non-hydrogen) atoms. The summed E-state index contributed by atoms with van der Waals surface area (Å²) in [6.45, 7) is 10.3. The molecular weight excluding hydrogens is 1430 g/mol. The van der Waals surface area contributed by atoms with Gasteiger partial charge in [0.15, 0.2) is 0 Å². The third-order valence-corrected chi connectivity index (χ3v) is 20.1. The first kappa shape index (κ1) is 75.2. The van der Waals surface area contributed by atoms with Gasteiger partial charge in [-0.25, -0.2) is 0 Å². The number of epoxide rings is 2. The van der Waals surface area contributed by atoms with E-state index in [9.17, 15) is 0 Å². The topological polar surface area (TPSA) is 251 Å². The Labute approximate surface area is 646 Å². The highest BCUT2D eigenvalue weighted by molar-refractivity contribution is 6.45. The summed E-state index contributed by atoms with van der Waals surface area (Å²) < 4.78 is 87.0. The number of fused-ring (bicyclic) bond motifs is 2. The van der Waals surface area contributed by atoms with Crippen LogP contribution in [-0.4, -0.2) is 164 Å². The molecule has 24 heteroatoms. The molecule has 0 bridgehead atoms. The number of anilines is 2. The summed E-state index contributed by atoms with van der Waals surface area (Å²) in [4.78, 5) is 104. The molecule has 4 atom stereocenters. The zero-order chi connectivity index (χ0) is 77.8. The van der Waals surface area contributed by atoms with Gasteiger partial charge in [0.05, 0.1) is 63.9 Å². The summed E-state index contributed by atoms with van der Waals surface area (Å²) in [5.41, 5.74) is 0.732. The van der Waals surface area contributed by atoms with Crippen molar-refractivity contribution in [3.63, 3.8) is 0 Å². The van der Waals surface area contributed by atoms with Gasteiger partial charge in [-0.05, 0) is 148 Å². The molecule has 6 amide bonds. The molecule has 4 unspecified atom stereocenters. The second-order valence-corrected chi connectivity index (χ2v) is 27.3. The number of hydrogen-bond acceptors (Lipinski definition) is 20. The van der Waals surface area contributed by atoms with Gasteiger partial charge in [0, 0.05) is 131 Å². The maximum atomic E-state index is 16.7. The van der Waals surface area contributed by atoms with Crippen LogP contribution in [0.3, 0.4) is 0 Å². The van der Waals surface area contributed by atoms with Gasteiger partial charge in [-0.1, -0.05) is 38.1 Å². The predicted molar refractivity (Wildman–Crippen MR) is 419 cm³/mol. The molecule has 15 rings (SSSR count). The summed E-state index contributed by atoms with van der Waals surface area (Å²) >= 11 is 0. The second-order valence-electron chi connectivity index (χ2n) is 27.3. The molecule has 4 aliphatic rings. The molecule has 24 nitrogen and oxygen atoms in total. The lowest BCUT2D eigenvalue weighted by Gasteiger charge is -2.37. The van der Waals surface area contributed by atoms with Crippen molar-refractivity contribution < 1.29 is 95.1 Å². The van der Waals surface area contributed by atoms with Gasteiger partial charge in [0.25, 0.3) is 23.6 Å². The van der Waals surface area contributed by atoms with Gasteiger partial charge in [-0.2, -0.15) is 0 Å². The van der Waals surface area contributed by atoms with E-state index < -0.39 is 47.5 Å². The fraction of sp³-hybridized carbons (Fsp3) is 0.295. The van der Waals surface area contributed by atoms with Crippen molar-refractivity contribution in [3.8, 4) is 80.5 Å². The lowest BCUT2D eigenvalue weighted by Crippen LogP contribution is -2.55.